The van der Waals surface area contributed by atoms with Crippen molar-refractivity contribution >= 4 is 11.0 Å². The number of hydrogen-bond donors (Lipinski definition) is 0. The van der Waals surface area contributed by atoms with Crippen molar-refractivity contribution in [2.45, 2.75) is 6.92 Å². The average molecular weight is 290 g/mol. The maximum absolute atomic E-state index is 5.69. The molecule has 0 aliphatic rings. The number of rotatable bonds is 6. The highest BCUT2D eigenvalue weighted by atomic mass is 16.7. The van der Waals surface area contributed by atoms with Crippen LogP contribution < -0.4 is 9.47 Å². The van der Waals surface area contributed by atoms with Gasteiger partial charge in [-0.2, -0.15) is 0 Å². The molecule has 0 atom stereocenters. The van der Waals surface area contributed by atoms with Crippen molar-refractivity contribution in [3.63, 3.8) is 0 Å². The van der Waals surface area contributed by atoms with Gasteiger partial charge in [0.1, 0.15) is 11.3 Å². The van der Waals surface area contributed by atoms with E-state index in [4.69, 9.17) is 23.0 Å². The fourth-order valence-corrected chi connectivity index (χ4v) is 1.88. The van der Waals surface area contributed by atoms with Crippen LogP contribution in [-0.4, -0.2) is 30.7 Å². The van der Waals surface area contributed by atoms with Gasteiger partial charge >= 0.3 is 6.08 Å². The maximum atomic E-state index is 5.69. The highest BCUT2D eigenvalue weighted by molar-refractivity contribution is 5.87. The summed E-state index contributed by atoms with van der Waals surface area (Å²) in [4.78, 5) is 0. The van der Waals surface area contributed by atoms with Crippen molar-refractivity contribution in [3.05, 3.63) is 24.3 Å². The summed E-state index contributed by atoms with van der Waals surface area (Å²) in [6.45, 7) is 2.45. The zero-order valence-corrected chi connectivity index (χ0v) is 11.7. The van der Waals surface area contributed by atoms with Crippen molar-refractivity contribution in [1.29, 1.82) is 0 Å². The van der Waals surface area contributed by atoms with Gasteiger partial charge in [0, 0.05) is 13.2 Å². The molecule has 2 aromatic heterocycles. The second kappa shape index (κ2) is 5.84. The summed E-state index contributed by atoms with van der Waals surface area (Å²) in [5, 5.41) is 8.47. The third-order valence-corrected chi connectivity index (χ3v) is 2.74. The van der Waals surface area contributed by atoms with Crippen molar-refractivity contribution in [1.82, 2.24) is 10.2 Å². The minimum absolute atomic E-state index is 0.115. The summed E-state index contributed by atoms with van der Waals surface area (Å²) in [6.07, 6.45) is 0.115. The molecule has 1 aromatic carbocycles. The molecule has 3 rings (SSSR count). The number of fused-ring (bicyclic) bond motifs is 1. The molecule has 110 valence electrons. The Kier molecular flexibility index (Phi) is 3.74. The predicted molar refractivity (Wildman–Crippen MR) is 73.2 cm³/mol. The first-order chi connectivity index (χ1) is 10.3. The van der Waals surface area contributed by atoms with Crippen LogP contribution in [0, 0.1) is 0 Å². The van der Waals surface area contributed by atoms with E-state index in [1.807, 2.05) is 25.1 Å². The van der Waals surface area contributed by atoms with Gasteiger partial charge in [-0.05, 0) is 19.1 Å². The van der Waals surface area contributed by atoms with Gasteiger partial charge in [-0.1, -0.05) is 11.2 Å². The normalized spacial score (nSPS) is 11.0. The number of aromatic nitrogens is 2. The molecule has 21 heavy (non-hydrogen) atoms. The smallest absolute Gasteiger partial charge is 0.415 e. The van der Waals surface area contributed by atoms with Crippen LogP contribution in [0.4, 0.5) is 0 Å². The molecule has 3 aromatic rings. The molecule has 0 radical (unpaired) electrons. The Bertz CT molecular complexity index is 734. The molecule has 0 bridgehead atoms. The molecular formula is C14H14N2O5. The highest BCUT2D eigenvalue weighted by Gasteiger charge is 2.16. The zero-order valence-electron chi connectivity index (χ0n) is 11.7. The average Bonchev–Trinajstić information content (AvgIpc) is 3.11. The van der Waals surface area contributed by atoms with E-state index < -0.39 is 0 Å². The van der Waals surface area contributed by atoms with E-state index in [9.17, 15) is 0 Å². The van der Waals surface area contributed by atoms with Crippen LogP contribution in [0.25, 0.3) is 22.6 Å². The molecule has 0 amide bonds. The van der Waals surface area contributed by atoms with Gasteiger partial charge in [-0.25, -0.2) is 0 Å². The van der Waals surface area contributed by atoms with Gasteiger partial charge < -0.3 is 23.0 Å². The molecule has 0 saturated heterocycles. The fourth-order valence-electron chi connectivity index (χ4n) is 1.88. The largest absolute Gasteiger partial charge is 0.467 e. The molecule has 0 aliphatic carbocycles. The van der Waals surface area contributed by atoms with Crippen molar-refractivity contribution in [3.8, 4) is 23.5 Å². The second-order valence-corrected chi connectivity index (χ2v) is 4.14. The number of hydrogen-bond acceptors (Lipinski definition) is 7. The van der Waals surface area contributed by atoms with Crippen molar-refractivity contribution < 1.29 is 23.0 Å². The van der Waals surface area contributed by atoms with Gasteiger partial charge in [-0.15, -0.1) is 5.10 Å². The van der Waals surface area contributed by atoms with E-state index in [-0.39, 0.29) is 18.8 Å². The minimum Gasteiger partial charge on any atom is -0.467 e. The molecule has 0 unspecified atom stereocenters. The van der Waals surface area contributed by atoms with Crippen molar-refractivity contribution in [2.24, 2.45) is 0 Å². The third kappa shape index (κ3) is 2.68. The molecule has 0 N–H and O–H groups in total. The van der Waals surface area contributed by atoms with E-state index in [0.717, 1.165) is 5.39 Å². The SMILES string of the molecule is CCOc1nnc(-c2cc3c(OCOC)cccc3o2)o1. The summed E-state index contributed by atoms with van der Waals surface area (Å²) >= 11 is 0. The van der Waals surface area contributed by atoms with Crippen LogP contribution in [0.3, 0.4) is 0 Å². The van der Waals surface area contributed by atoms with E-state index in [1.165, 1.54) is 0 Å². The van der Waals surface area contributed by atoms with Gasteiger partial charge in [0.25, 0.3) is 5.89 Å². The lowest BCUT2D eigenvalue weighted by Crippen LogP contribution is -1.98. The molecule has 7 heteroatoms. The molecule has 0 aliphatic heterocycles. The van der Waals surface area contributed by atoms with Gasteiger partial charge in [0.05, 0.1) is 12.0 Å². The van der Waals surface area contributed by atoms with Crippen LogP contribution >= 0.6 is 0 Å². The summed E-state index contributed by atoms with van der Waals surface area (Å²) < 4.78 is 26.6. The monoisotopic (exact) mass is 290 g/mol. The molecule has 7 nitrogen and oxygen atoms in total. The van der Waals surface area contributed by atoms with Gasteiger partial charge in [-0.3, -0.25) is 0 Å². The first kappa shape index (κ1) is 13.4. The number of furan rings is 1. The summed E-state index contributed by atoms with van der Waals surface area (Å²) in [6, 6.07) is 7.28. The summed E-state index contributed by atoms with van der Waals surface area (Å²) in [5.41, 5.74) is 0.662. The molecule has 0 saturated carbocycles. The van der Waals surface area contributed by atoms with Gasteiger partial charge in [0.2, 0.25) is 0 Å². The number of ether oxygens (including phenoxy) is 3. The Morgan fingerprint density at radius 1 is 1.14 bits per heavy atom. The molecule has 0 spiro atoms. The third-order valence-electron chi connectivity index (χ3n) is 2.74. The first-order valence-corrected chi connectivity index (χ1v) is 6.42. The lowest BCUT2D eigenvalue weighted by molar-refractivity contribution is 0.0522. The number of methoxy groups -OCH3 is 1. The summed E-state index contributed by atoms with van der Waals surface area (Å²) in [7, 11) is 1.56. The molecule has 0 fully saturated rings. The Morgan fingerprint density at radius 3 is 2.86 bits per heavy atom. The van der Waals surface area contributed by atoms with E-state index in [1.54, 1.807) is 13.2 Å². The lowest BCUT2D eigenvalue weighted by atomic mass is 10.2. The zero-order chi connectivity index (χ0) is 14.7. The van der Waals surface area contributed by atoms with E-state index in [0.29, 0.717) is 23.7 Å². The highest BCUT2D eigenvalue weighted by Crippen LogP contribution is 2.33. The maximum Gasteiger partial charge on any atom is 0.415 e. The number of benzene rings is 1. The van der Waals surface area contributed by atoms with Crippen LogP contribution in [0.2, 0.25) is 0 Å². The Labute approximate surface area is 120 Å². The van der Waals surface area contributed by atoms with Crippen LogP contribution in [0.1, 0.15) is 6.92 Å². The quantitative estimate of drug-likeness (QED) is 0.646. The Morgan fingerprint density at radius 2 is 2.05 bits per heavy atom. The van der Waals surface area contributed by atoms with E-state index >= 15 is 0 Å². The summed E-state index contributed by atoms with van der Waals surface area (Å²) in [5.74, 6) is 1.37. The van der Waals surface area contributed by atoms with Gasteiger partial charge in [0.15, 0.2) is 12.6 Å². The topological polar surface area (TPSA) is 79.8 Å². The predicted octanol–water partition coefficient (Wildman–Crippen LogP) is 2.86. The standard InChI is InChI=1S/C14H14N2O5/c1-3-18-14-16-15-13(21-14)12-7-9-10(19-8-17-2)5-4-6-11(9)20-12/h4-7H,3,8H2,1-2H3. The van der Waals surface area contributed by atoms with Crippen LogP contribution in [0.15, 0.2) is 33.1 Å². The van der Waals surface area contributed by atoms with E-state index in [2.05, 4.69) is 10.2 Å². The van der Waals surface area contributed by atoms with Crippen LogP contribution in [0.5, 0.6) is 11.8 Å². The lowest BCUT2D eigenvalue weighted by Gasteiger charge is -2.04. The van der Waals surface area contributed by atoms with Crippen molar-refractivity contribution in [2.75, 3.05) is 20.5 Å². The minimum atomic E-state index is 0.115. The fraction of sp³-hybridized carbons (Fsp3) is 0.286. The number of nitrogens with zero attached hydrogens (tertiary/aromatic N) is 2. The molecular weight excluding hydrogens is 276 g/mol. The molecule has 2 heterocycles. The van der Waals surface area contributed by atoms with Crippen LogP contribution in [-0.2, 0) is 4.74 Å². The first-order valence-electron chi connectivity index (χ1n) is 6.42. The second-order valence-electron chi connectivity index (χ2n) is 4.14. The Hall–Kier alpha value is -2.54. The Balaban J connectivity index is 1.96.